The average Bonchev–Trinajstić information content (AvgIpc) is 2.68. The molecule has 2 rings (SSSR count). The summed E-state index contributed by atoms with van der Waals surface area (Å²) in [4.78, 5) is 37.9. The highest BCUT2D eigenvalue weighted by Gasteiger charge is 2.36. The number of likely N-dealkylation sites (tertiary alicyclic amines) is 1. The van der Waals surface area contributed by atoms with Crippen LogP contribution in [0.25, 0.3) is 0 Å². The largest absolute Gasteiger partial charge is 0.397 e. The van der Waals surface area contributed by atoms with Crippen molar-refractivity contribution >= 4 is 29.1 Å². The van der Waals surface area contributed by atoms with E-state index in [9.17, 15) is 14.4 Å². The van der Waals surface area contributed by atoms with Gasteiger partial charge in [-0.1, -0.05) is 0 Å². The van der Waals surface area contributed by atoms with Gasteiger partial charge in [-0.3, -0.25) is 19.3 Å². The molecule has 7 nitrogen and oxygen atoms in total. The Kier molecular flexibility index (Phi) is 3.84. The minimum atomic E-state index is -0.644. The van der Waals surface area contributed by atoms with Crippen LogP contribution in [-0.2, 0) is 9.59 Å². The first-order chi connectivity index (χ1) is 9.81. The molecule has 1 heterocycles. The number of anilines is 2. The van der Waals surface area contributed by atoms with Crippen LogP contribution in [0.4, 0.5) is 11.4 Å². The van der Waals surface area contributed by atoms with Crippen molar-refractivity contribution in [2.24, 2.45) is 0 Å². The quantitative estimate of drug-likeness (QED) is 0.610. The van der Waals surface area contributed by atoms with Gasteiger partial charge in [0.25, 0.3) is 11.8 Å². The monoisotopic (exact) mass is 290 g/mol. The molecule has 1 aliphatic heterocycles. The fraction of sp³-hybridized carbons (Fsp3) is 0.357. The molecule has 1 aliphatic rings. The maximum atomic E-state index is 11.9. The molecule has 0 aliphatic carbocycles. The summed E-state index contributed by atoms with van der Waals surface area (Å²) in [5, 5.41) is 2.95. The van der Waals surface area contributed by atoms with Gasteiger partial charge in [0.05, 0.1) is 17.8 Å². The highest BCUT2D eigenvalue weighted by atomic mass is 16.2. The molecule has 1 saturated heterocycles. The summed E-state index contributed by atoms with van der Waals surface area (Å²) in [6, 6.07) is 4.17. The van der Waals surface area contributed by atoms with E-state index in [0.29, 0.717) is 16.9 Å². The maximum Gasteiger partial charge on any atom is 0.253 e. The number of hydrogen-bond acceptors (Lipinski definition) is 5. The molecule has 112 valence electrons. The molecule has 1 fully saturated rings. The molecule has 1 atom stereocenters. The zero-order valence-electron chi connectivity index (χ0n) is 12.2. The average molecular weight is 290 g/mol. The second kappa shape index (κ2) is 5.43. The van der Waals surface area contributed by atoms with Crippen molar-refractivity contribution in [1.29, 1.82) is 0 Å². The van der Waals surface area contributed by atoms with Crippen molar-refractivity contribution in [3.05, 3.63) is 23.8 Å². The van der Waals surface area contributed by atoms with E-state index in [1.54, 1.807) is 32.3 Å². The summed E-state index contributed by atoms with van der Waals surface area (Å²) < 4.78 is 0. The number of rotatable bonds is 3. The van der Waals surface area contributed by atoms with Crippen LogP contribution in [0.2, 0.25) is 0 Å². The molecule has 0 aromatic heterocycles. The van der Waals surface area contributed by atoms with E-state index in [0.717, 1.165) is 4.90 Å². The topological polar surface area (TPSA) is 95.7 Å². The number of likely N-dealkylation sites (N-methyl/N-ethyl adjacent to an activating group) is 1. The second-order valence-electron chi connectivity index (χ2n) is 5.19. The lowest BCUT2D eigenvalue weighted by molar-refractivity contribution is -0.136. The minimum Gasteiger partial charge on any atom is -0.397 e. The summed E-state index contributed by atoms with van der Waals surface area (Å²) >= 11 is 0. The van der Waals surface area contributed by atoms with Crippen LogP contribution in [0.15, 0.2) is 18.2 Å². The van der Waals surface area contributed by atoms with Crippen molar-refractivity contribution in [3.63, 3.8) is 0 Å². The van der Waals surface area contributed by atoms with Crippen LogP contribution in [-0.4, -0.2) is 54.7 Å². The zero-order valence-corrected chi connectivity index (χ0v) is 12.2. The number of carbonyl (C=O) groups excluding carboxylic acids is 3. The van der Waals surface area contributed by atoms with Crippen molar-refractivity contribution in [2.75, 3.05) is 32.2 Å². The molecular formula is C14H18N4O3. The Morgan fingerprint density at radius 3 is 2.57 bits per heavy atom. The molecule has 0 saturated carbocycles. The number of nitrogens with two attached hydrogens (primary N) is 1. The third kappa shape index (κ3) is 2.81. The first-order valence-corrected chi connectivity index (χ1v) is 6.49. The molecule has 1 aromatic carbocycles. The number of nitrogens with zero attached hydrogens (tertiary/aromatic N) is 2. The summed E-state index contributed by atoms with van der Waals surface area (Å²) in [5.41, 5.74) is 7.21. The Bertz CT molecular complexity index is 612. The molecule has 0 bridgehead atoms. The van der Waals surface area contributed by atoms with E-state index in [1.165, 1.54) is 11.9 Å². The Morgan fingerprint density at radius 2 is 2.05 bits per heavy atom. The summed E-state index contributed by atoms with van der Waals surface area (Å²) in [7, 11) is 4.75. The Morgan fingerprint density at radius 1 is 1.38 bits per heavy atom. The predicted octanol–water partition coefficient (Wildman–Crippen LogP) is 0.140. The third-order valence-corrected chi connectivity index (χ3v) is 3.42. The predicted molar refractivity (Wildman–Crippen MR) is 78.7 cm³/mol. The molecule has 0 radical (unpaired) electrons. The fourth-order valence-corrected chi connectivity index (χ4v) is 2.13. The highest BCUT2D eigenvalue weighted by Crippen LogP contribution is 2.24. The van der Waals surface area contributed by atoms with Crippen molar-refractivity contribution in [1.82, 2.24) is 9.80 Å². The lowest BCUT2D eigenvalue weighted by Crippen LogP contribution is -2.32. The lowest BCUT2D eigenvalue weighted by atomic mass is 10.1. The van der Waals surface area contributed by atoms with E-state index in [2.05, 4.69) is 5.32 Å². The number of amides is 3. The van der Waals surface area contributed by atoms with Crippen molar-refractivity contribution in [2.45, 2.75) is 12.5 Å². The van der Waals surface area contributed by atoms with E-state index < -0.39 is 6.04 Å². The number of nitrogens with one attached hydrogen (secondary N) is 1. The number of hydrogen-bond donors (Lipinski definition) is 2. The lowest BCUT2D eigenvalue weighted by Gasteiger charge is -2.16. The number of nitrogen functional groups attached to an aromatic ring is 1. The molecule has 21 heavy (non-hydrogen) atoms. The van der Waals surface area contributed by atoms with Crippen LogP contribution in [0, 0.1) is 0 Å². The SMILES string of the molecule is CN(C)C(=O)c1ccc(N)c(NC2CC(=O)N(C)C2=O)c1. The molecule has 1 unspecified atom stereocenters. The second-order valence-corrected chi connectivity index (χ2v) is 5.19. The van der Waals surface area contributed by atoms with Crippen LogP contribution in [0.1, 0.15) is 16.8 Å². The number of benzene rings is 1. The van der Waals surface area contributed by atoms with Crippen LogP contribution < -0.4 is 11.1 Å². The first kappa shape index (κ1) is 14.8. The summed E-state index contributed by atoms with van der Waals surface area (Å²) in [6.07, 6.45) is 0.0840. The van der Waals surface area contributed by atoms with E-state index >= 15 is 0 Å². The van der Waals surface area contributed by atoms with Gasteiger partial charge in [0.15, 0.2) is 0 Å². The molecule has 1 aromatic rings. The Balaban J connectivity index is 2.24. The first-order valence-electron chi connectivity index (χ1n) is 6.49. The van der Waals surface area contributed by atoms with Gasteiger partial charge >= 0.3 is 0 Å². The van der Waals surface area contributed by atoms with Crippen LogP contribution >= 0.6 is 0 Å². The van der Waals surface area contributed by atoms with E-state index in [-0.39, 0.29) is 24.1 Å². The van der Waals surface area contributed by atoms with Gasteiger partial charge in [0.1, 0.15) is 6.04 Å². The van der Waals surface area contributed by atoms with Crippen molar-refractivity contribution < 1.29 is 14.4 Å². The summed E-state index contributed by atoms with van der Waals surface area (Å²) in [5.74, 6) is -0.704. The maximum absolute atomic E-state index is 11.9. The highest BCUT2D eigenvalue weighted by molar-refractivity contribution is 6.07. The van der Waals surface area contributed by atoms with Gasteiger partial charge in [-0.25, -0.2) is 0 Å². The smallest absolute Gasteiger partial charge is 0.253 e. The normalized spacial score (nSPS) is 18.0. The summed E-state index contributed by atoms with van der Waals surface area (Å²) in [6.45, 7) is 0. The Labute approximate surface area is 122 Å². The number of imide groups is 1. The molecule has 3 amide bonds. The Hall–Kier alpha value is -2.57. The van der Waals surface area contributed by atoms with Gasteiger partial charge < -0.3 is 16.0 Å². The minimum absolute atomic E-state index is 0.0840. The fourth-order valence-electron chi connectivity index (χ4n) is 2.13. The molecule has 7 heteroatoms. The van der Waals surface area contributed by atoms with Gasteiger partial charge in [0, 0.05) is 26.7 Å². The molecular weight excluding hydrogens is 272 g/mol. The standard InChI is InChI=1S/C14H18N4O3/c1-17(2)13(20)8-4-5-9(15)10(6-8)16-11-7-12(19)18(3)14(11)21/h4-6,11,16H,7,15H2,1-3H3. The van der Waals surface area contributed by atoms with Gasteiger partial charge in [0.2, 0.25) is 5.91 Å². The van der Waals surface area contributed by atoms with Crippen molar-refractivity contribution in [3.8, 4) is 0 Å². The van der Waals surface area contributed by atoms with E-state index in [4.69, 9.17) is 5.73 Å². The van der Waals surface area contributed by atoms with E-state index in [1.807, 2.05) is 0 Å². The molecule has 3 N–H and O–H groups in total. The van der Waals surface area contributed by atoms with Crippen LogP contribution in [0.3, 0.4) is 0 Å². The molecule has 0 spiro atoms. The van der Waals surface area contributed by atoms with Crippen LogP contribution in [0.5, 0.6) is 0 Å². The van der Waals surface area contributed by atoms with Gasteiger partial charge in [-0.05, 0) is 18.2 Å². The van der Waals surface area contributed by atoms with Gasteiger partial charge in [-0.2, -0.15) is 0 Å². The number of carbonyl (C=O) groups is 3. The third-order valence-electron chi connectivity index (χ3n) is 3.42. The zero-order chi connectivity index (χ0) is 15.7. The van der Waals surface area contributed by atoms with Gasteiger partial charge in [-0.15, -0.1) is 0 Å².